The fraction of sp³-hybridized carbons (Fsp3) is 0.533. The van der Waals surface area contributed by atoms with Crippen LogP contribution in [0, 0.1) is 38.0 Å². The Morgan fingerprint density at radius 1 is 1.26 bits per heavy atom. The molecule has 0 aromatic heterocycles. The highest BCUT2D eigenvalue weighted by molar-refractivity contribution is 9.10. The number of hydrogen-bond donors (Lipinski definition) is 1. The summed E-state index contributed by atoms with van der Waals surface area (Å²) in [5.41, 5.74) is 10.5. The number of ether oxygens (including phenoxy) is 1. The number of benzene rings is 1. The van der Waals surface area contributed by atoms with Crippen molar-refractivity contribution < 1.29 is 4.74 Å². The largest absolute Gasteiger partial charge is 0.496 e. The van der Waals surface area contributed by atoms with E-state index in [1.54, 1.807) is 7.11 Å². The summed E-state index contributed by atoms with van der Waals surface area (Å²) < 4.78 is 6.59. The van der Waals surface area contributed by atoms with Crippen LogP contribution < -0.4 is 10.5 Å². The smallest absolute Gasteiger partial charge is 0.127 e. The fourth-order valence-electron chi connectivity index (χ4n) is 2.40. The summed E-state index contributed by atoms with van der Waals surface area (Å²) in [6.07, 6.45) is 0.727. The maximum Gasteiger partial charge on any atom is 0.127 e. The zero-order valence-electron chi connectivity index (χ0n) is 12.2. The Bertz CT molecular complexity index is 520. The van der Waals surface area contributed by atoms with Gasteiger partial charge >= 0.3 is 0 Å². The molecule has 2 unspecified atom stereocenters. The average Bonchev–Trinajstić information content (AvgIpc) is 2.41. The van der Waals surface area contributed by atoms with Crippen LogP contribution in [0.1, 0.15) is 41.6 Å². The molecule has 0 fully saturated rings. The van der Waals surface area contributed by atoms with Crippen molar-refractivity contribution >= 4 is 15.9 Å². The van der Waals surface area contributed by atoms with E-state index in [4.69, 9.17) is 10.5 Å². The molecule has 4 heteroatoms. The Kier molecular flexibility index (Phi) is 5.39. The molecule has 104 valence electrons. The maximum atomic E-state index is 9.22. The van der Waals surface area contributed by atoms with E-state index in [9.17, 15) is 5.26 Å². The molecule has 2 N–H and O–H groups in total. The summed E-state index contributed by atoms with van der Waals surface area (Å²) in [5, 5.41) is 9.22. The first kappa shape index (κ1) is 16.0. The topological polar surface area (TPSA) is 59.0 Å². The summed E-state index contributed by atoms with van der Waals surface area (Å²) >= 11 is 3.61. The summed E-state index contributed by atoms with van der Waals surface area (Å²) in [5.74, 6) is 0.598. The third-order valence-corrected chi connectivity index (χ3v) is 4.98. The molecule has 0 saturated heterocycles. The number of rotatable bonds is 4. The molecule has 0 heterocycles. The third-order valence-electron chi connectivity index (χ3n) is 3.79. The van der Waals surface area contributed by atoms with Crippen molar-refractivity contribution in [3.8, 4) is 11.8 Å². The number of nitriles is 1. The second kappa shape index (κ2) is 6.40. The Balaban J connectivity index is 3.55. The summed E-state index contributed by atoms with van der Waals surface area (Å²) in [7, 11) is 1.65. The Labute approximate surface area is 123 Å². The third kappa shape index (κ3) is 2.77. The Morgan fingerprint density at radius 3 is 2.26 bits per heavy atom. The van der Waals surface area contributed by atoms with Crippen LogP contribution in [-0.2, 0) is 0 Å². The number of methoxy groups -OCH3 is 1. The fourth-order valence-corrected chi connectivity index (χ4v) is 2.91. The van der Waals surface area contributed by atoms with Crippen LogP contribution >= 0.6 is 15.9 Å². The highest BCUT2D eigenvalue weighted by Gasteiger charge is 2.26. The molecule has 0 aliphatic carbocycles. The molecule has 0 radical (unpaired) electrons. The highest BCUT2D eigenvalue weighted by atomic mass is 79.9. The maximum absolute atomic E-state index is 9.22. The monoisotopic (exact) mass is 324 g/mol. The number of nitrogens with zero attached hydrogens (tertiary/aromatic N) is 1. The van der Waals surface area contributed by atoms with Crippen molar-refractivity contribution in [1.29, 1.82) is 5.26 Å². The van der Waals surface area contributed by atoms with E-state index in [2.05, 4.69) is 22.0 Å². The second-order valence-electron chi connectivity index (χ2n) is 4.81. The minimum atomic E-state index is -0.333. The molecule has 2 atom stereocenters. The van der Waals surface area contributed by atoms with E-state index in [0.717, 1.165) is 38.9 Å². The zero-order chi connectivity index (χ0) is 14.7. The van der Waals surface area contributed by atoms with Crippen LogP contribution in [-0.4, -0.2) is 7.11 Å². The van der Waals surface area contributed by atoms with Gasteiger partial charge in [-0.3, -0.25) is 0 Å². The predicted molar refractivity (Wildman–Crippen MR) is 81.2 cm³/mol. The van der Waals surface area contributed by atoms with E-state index >= 15 is 0 Å². The van der Waals surface area contributed by atoms with Gasteiger partial charge in [0.15, 0.2) is 0 Å². The lowest BCUT2D eigenvalue weighted by Gasteiger charge is -2.25. The van der Waals surface area contributed by atoms with E-state index in [0.29, 0.717) is 0 Å². The van der Waals surface area contributed by atoms with Gasteiger partial charge in [-0.25, -0.2) is 0 Å². The molecule has 0 amide bonds. The zero-order valence-corrected chi connectivity index (χ0v) is 13.8. The first-order valence-corrected chi connectivity index (χ1v) is 7.18. The molecule has 1 rings (SSSR count). The van der Waals surface area contributed by atoms with E-state index in [1.807, 2.05) is 27.7 Å². The van der Waals surface area contributed by atoms with Gasteiger partial charge in [-0.15, -0.1) is 0 Å². The molecule has 0 bridgehead atoms. The normalized spacial score (nSPS) is 13.8. The quantitative estimate of drug-likeness (QED) is 0.912. The van der Waals surface area contributed by atoms with E-state index in [1.165, 1.54) is 0 Å². The van der Waals surface area contributed by atoms with Crippen LogP contribution in [0.5, 0.6) is 5.75 Å². The number of hydrogen-bond acceptors (Lipinski definition) is 3. The van der Waals surface area contributed by atoms with Crippen LogP contribution in [0.15, 0.2) is 4.47 Å². The lowest BCUT2D eigenvalue weighted by molar-refractivity contribution is 0.393. The molecule has 19 heavy (non-hydrogen) atoms. The molecule has 0 spiro atoms. The minimum absolute atomic E-state index is 0.207. The highest BCUT2D eigenvalue weighted by Crippen LogP contribution is 2.40. The number of halogens is 1. The SMILES string of the molecule is CCC(C#N)C(N)c1c(C)c(Br)c(C)c(C)c1OC. The first-order chi connectivity index (χ1) is 8.90. The Hall–Kier alpha value is -1.05. The molecular formula is C15H21BrN2O. The molecule has 1 aromatic rings. The summed E-state index contributed by atoms with van der Waals surface area (Å²) in [6, 6.07) is 1.95. The summed E-state index contributed by atoms with van der Waals surface area (Å²) in [4.78, 5) is 0. The standard InChI is InChI=1S/C15H21BrN2O/c1-6-11(7-17)14(18)12-10(4)13(16)8(2)9(3)15(12)19-5/h11,14H,6,18H2,1-5H3. The molecule has 0 saturated carbocycles. The molecule has 1 aromatic carbocycles. The van der Waals surface area contributed by atoms with Gasteiger partial charge in [0.25, 0.3) is 0 Å². The van der Waals surface area contributed by atoms with Gasteiger partial charge in [0, 0.05) is 16.1 Å². The van der Waals surface area contributed by atoms with Gasteiger partial charge in [-0.1, -0.05) is 22.9 Å². The van der Waals surface area contributed by atoms with Gasteiger partial charge in [-0.05, 0) is 43.9 Å². The van der Waals surface area contributed by atoms with E-state index < -0.39 is 0 Å². The molecular weight excluding hydrogens is 304 g/mol. The van der Waals surface area contributed by atoms with Crippen molar-refractivity contribution in [2.45, 2.75) is 40.2 Å². The summed E-state index contributed by atoms with van der Waals surface area (Å²) in [6.45, 7) is 8.05. The number of nitrogens with two attached hydrogens (primary N) is 1. The van der Waals surface area contributed by atoms with E-state index in [-0.39, 0.29) is 12.0 Å². The lowest BCUT2D eigenvalue weighted by atomic mass is 9.87. The van der Waals surface area contributed by atoms with Crippen LogP contribution in [0.3, 0.4) is 0 Å². The van der Waals surface area contributed by atoms with Crippen molar-refractivity contribution in [2.75, 3.05) is 7.11 Å². The van der Waals surface area contributed by atoms with Gasteiger partial charge in [0.2, 0.25) is 0 Å². The van der Waals surface area contributed by atoms with Crippen LogP contribution in [0.25, 0.3) is 0 Å². The second-order valence-corrected chi connectivity index (χ2v) is 5.60. The predicted octanol–water partition coefficient (Wildman–Crippen LogP) is 3.93. The lowest BCUT2D eigenvalue weighted by Crippen LogP contribution is -2.22. The molecule has 0 aliphatic rings. The van der Waals surface area contributed by atoms with Crippen LogP contribution in [0.4, 0.5) is 0 Å². The average molecular weight is 325 g/mol. The Morgan fingerprint density at radius 2 is 1.84 bits per heavy atom. The first-order valence-electron chi connectivity index (χ1n) is 6.38. The van der Waals surface area contributed by atoms with Crippen molar-refractivity contribution in [1.82, 2.24) is 0 Å². The van der Waals surface area contributed by atoms with Gasteiger partial charge in [0.1, 0.15) is 5.75 Å². The van der Waals surface area contributed by atoms with Gasteiger partial charge < -0.3 is 10.5 Å². The van der Waals surface area contributed by atoms with Crippen molar-refractivity contribution in [2.24, 2.45) is 11.7 Å². The van der Waals surface area contributed by atoms with Gasteiger partial charge in [0.05, 0.1) is 19.1 Å². The van der Waals surface area contributed by atoms with Crippen LogP contribution in [0.2, 0.25) is 0 Å². The molecule has 3 nitrogen and oxygen atoms in total. The van der Waals surface area contributed by atoms with Crippen molar-refractivity contribution in [3.05, 3.63) is 26.7 Å². The minimum Gasteiger partial charge on any atom is -0.496 e. The molecule has 0 aliphatic heterocycles. The van der Waals surface area contributed by atoms with Crippen molar-refractivity contribution in [3.63, 3.8) is 0 Å². The van der Waals surface area contributed by atoms with Gasteiger partial charge in [-0.2, -0.15) is 5.26 Å².